The van der Waals surface area contributed by atoms with Gasteiger partial charge in [-0.05, 0) is 43.3 Å². The molecule has 0 unspecified atom stereocenters. The Morgan fingerprint density at radius 2 is 2.06 bits per heavy atom. The molecule has 3 nitrogen and oxygen atoms in total. The van der Waals surface area contributed by atoms with Crippen molar-refractivity contribution in [3.63, 3.8) is 0 Å². The molecule has 0 bridgehead atoms. The van der Waals surface area contributed by atoms with Crippen molar-refractivity contribution in [1.29, 1.82) is 0 Å². The number of nitrogens with one attached hydrogen (secondary N) is 1. The molecule has 0 aliphatic heterocycles. The molecule has 2 rings (SSSR count). The van der Waals surface area contributed by atoms with Crippen molar-refractivity contribution < 1.29 is 0 Å². The Morgan fingerprint density at radius 1 is 1.25 bits per heavy atom. The summed E-state index contributed by atoms with van der Waals surface area (Å²) in [6.45, 7) is 1.94. The Hall–Kier alpha value is -1.61. The quantitative estimate of drug-likeness (QED) is 0.825. The summed E-state index contributed by atoms with van der Waals surface area (Å²) < 4.78 is 2.29. The highest BCUT2D eigenvalue weighted by molar-refractivity contribution is 5.11. The predicted octanol–water partition coefficient (Wildman–Crippen LogP) is 1.85. The number of pyridine rings is 1. The molecule has 0 radical (unpaired) electrons. The van der Waals surface area contributed by atoms with Crippen LogP contribution in [0.2, 0.25) is 0 Å². The Bertz CT molecular complexity index is 420. The van der Waals surface area contributed by atoms with Crippen molar-refractivity contribution in [2.24, 2.45) is 0 Å². The van der Waals surface area contributed by atoms with Crippen LogP contribution in [0.25, 0.3) is 0 Å². The van der Waals surface area contributed by atoms with E-state index in [0.29, 0.717) is 0 Å². The highest BCUT2D eigenvalue weighted by atomic mass is 15.0. The second kappa shape index (κ2) is 5.47. The van der Waals surface area contributed by atoms with Gasteiger partial charge >= 0.3 is 0 Å². The van der Waals surface area contributed by atoms with Gasteiger partial charge in [-0.15, -0.1) is 0 Å². The highest BCUT2D eigenvalue weighted by Crippen LogP contribution is 2.05. The summed E-state index contributed by atoms with van der Waals surface area (Å²) >= 11 is 0. The van der Waals surface area contributed by atoms with Gasteiger partial charge in [-0.3, -0.25) is 4.98 Å². The zero-order valence-corrected chi connectivity index (χ0v) is 9.56. The third-order valence-corrected chi connectivity index (χ3v) is 2.67. The van der Waals surface area contributed by atoms with E-state index >= 15 is 0 Å². The molecule has 0 fully saturated rings. The molecular weight excluding hydrogens is 198 g/mol. The van der Waals surface area contributed by atoms with Crippen LogP contribution in [-0.4, -0.2) is 16.6 Å². The number of aromatic nitrogens is 2. The van der Waals surface area contributed by atoms with E-state index in [-0.39, 0.29) is 0 Å². The highest BCUT2D eigenvalue weighted by Gasteiger charge is 1.99. The van der Waals surface area contributed by atoms with Crippen LogP contribution >= 0.6 is 0 Å². The van der Waals surface area contributed by atoms with Gasteiger partial charge in [0.15, 0.2) is 0 Å². The van der Waals surface area contributed by atoms with Crippen molar-refractivity contribution in [1.82, 2.24) is 14.9 Å². The van der Waals surface area contributed by atoms with E-state index in [4.69, 9.17) is 0 Å². The summed E-state index contributed by atoms with van der Waals surface area (Å²) in [5.74, 6) is 0. The molecule has 1 N–H and O–H groups in total. The Kier molecular flexibility index (Phi) is 3.72. The van der Waals surface area contributed by atoms with E-state index in [2.05, 4.69) is 45.3 Å². The summed E-state index contributed by atoms with van der Waals surface area (Å²) in [6, 6.07) is 8.39. The van der Waals surface area contributed by atoms with E-state index in [1.54, 1.807) is 0 Å². The fraction of sp³-hybridized carbons (Fsp3) is 0.308. The molecule has 16 heavy (non-hydrogen) atoms. The second-order valence-corrected chi connectivity index (χ2v) is 3.83. The molecule has 2 heterocycles. The van der Waals surface area contributed by atoms with Crippen molar-refractivity contribution in [3.05, 3.63) is 54.1 Å². The molecule has 0 aromatic carbocycles. The number of hydrogen-bond acceptors (Lipinski definition) is 2. The molecular formula is C13H17N3. The number of aryl methyl sites for hydroxylation is 2. The molecule has 2 aromatic heterocycles. The van der Waals surface area contributed by atoms with Crippen LogP contribution in [0.15, 0.2) is 42.9 Å². The van der Waals surface area contributed by atoms with Gasteiger partial charge in [-0.2, -0.15) is 0 Å². The first-order valence-corrected chi connectivity index (χ1v) is 5.57. The second-order valence-electron chi connectivity index (χ2n) is 3.83. The third-order valence-electron chi connectivity index (χ3n) is 2.67. The zero-order chi connectivity index (χ0) is 11.2. The Morgan fingerprint density at radius 3 is 2.81 bits per heavy atom. The van der Waals surface area contributed by atoms with Gasteiger partial charge < -0.3 is 9.88 Å². The lowest BCUT2D eigenvalue weighted by atomic mass is 10.2. The third kappa shape index (κ3) is 2.70. The zero-order valence-electron chi connectivity index (χ0n) is 9.56. The van der Waals surface area contributed by atoms with Crippen LogP contribution in [0.1, 0.15) is 11.3 Å². The van der Waals surface area contributed by atoms with Crippen LogP contribution < -0.4 is 5.32 Å². The molecule has 84 valence electrons. The lowest BCUT2D eigenvalue weighted by Gasteiger charge is -2.08. The van der Waals surface area contributed by atoms with Crippen LogP contribution in [0.3, 0.4) is 0 Å². The fourth-order valence-electron chi connectivity index (χ4n) is 1.81. The van der Waals surface area contributed by atoms with Crippen LogP contribution in [0.5, 0.6) is 0 Å². The van der Waals surface area contributed by atoms with Gasteiger partial charge in [-0.1, -0.05) is 0 Å². The maximum absolute atomic E-state index is 4.02. The standard InChI is InChI=1S/C13H17N3/c1-14-11-13-3-2-9-16(13)10-6-12-4-7-15-8-5-12/h2-5,7-9,14H,6,10-11H2,1H3. The first kappa shape index (κ1) is 10.9. The monoisotopic (exact) mass is 215 g/mol. The molecule has 0 saturated carbocycles. The molecule has 0 amide bonds. The first-order valence-electron chi connectivity index (χ1n) is 5.57. The van der Waals surface area contributed by atoms with E-state index in [1.807, 2.05) is 19.4 Å². The molecule has 0 spiro atoms. The number of rotatable bonds is 5. The normalized spacial score (nSPS) is 10.6. The topological polar surface area (TPSA) is 29.9 Å². The van der Waals surface area contributed by atoms with Crippen LogP contribution in [0.4, 0.5) is 0 Å². The summed E-state index contributed by atoms with van der Waals surface area (Å²) in [4.78, 5) is 4.02. The maximum Gasteiger partial charge on any atom is 0.0356 e. The molecule has 0 aliphatic rings. The maximum atomic E-state index is 4.02. The summed E-state index contributed by atoms with van der Waals surface area (Å²) in [5, 5.41) is 3.18. The molecule has 0 atom stereocenters. The minimum atomic E-state index is 0.920. The molecule has 0 saturated heterocycles. The number of nitrogens with zero attached hydrogens (tertiary/aromatic N) is 2. The van der Waals surface area contributed by atoms with Crippen LogP contribution in [-0.2, 0) is 19.5 Å². The van der Waals surface area contributed by atoms with Crippen LogP contribution in [0, 0.1) is 0 Å². The molecule has 3 heteroatoms. The van der Waals surface area contributed by atoms with Crippen molar-refractivity contribution in [3.8, 4) is 0 Å². The average molecular weight is 215 g/mol. The minimum Gasteiger partial charge on any atom is -0.350 e. The van der Waals surface area contributed by atoms with E-state index < -0.39 is 0 Å². The van der Waals surface area contributed by atoms with Crippen molar-refractivity contribution in [2.75, 3.05) is 7.05 Å². The average Bonchev–Trinajstić information content (AvgIpc) is 2.76. The minimum absolute atomic E-state index is 0.920. The van der Waals surface area contributed by atoms with E-state index in [9.17, 15) is 0 Å². The fourth-order valence-corrected chi connectivity index (χ4v) is 1.81. The van der Waals surface area contributed by atoms with E-state index in [0.717, 1.165) is 19.5 Å². The summed E-state index contributed by atoms with van der Waals surface area (Å²) in [6.07, 6.45) is 6.88. The SMILES string of the molecule is CNCc1cccn1CCc1ccncc1. The largest absolute Gasteiger partial charge is 0.350 e. The lowest BCUT2D eigenvalue weighted by molar-refractivity contribution is 0.639. The van der Waals surface area contributed by atoms with E-state index in [1.165, 1.54) is 11.3 Å². The smallest absolute Gasteiger partial charge is 0.0356 e. The number of hydrogen-bond donors (Lipinski definition) is 1. The van der Waals surface area contributed by atoms with Gasteiger partial charge in [-0.25, -0.2) is 0 Å². The Balaban J connectivity index is 1.97. The van der Waals surface area contributed by atoms with Gasteiger partial charge in [0, 0.05) is 37.4 Å². The van der Waals surface area contributed by atoms with Gasteiger partial charge in [0.05, 0.1) is 0 Å². The lowest BCUT2D eigenvalue weighted by Crippen LogP contribution is -2.11. The van der Waals surface area contributed by atoms with Gasteiger partial charge in [0.25, 0.3) is 0 Å². The van der Waals surface area contributed by atoms with Crippen molar-refractivity contribution >= 4 is 0 Å². The van der Waals surface area contributed by atoms with Gasteiger partial charge in [0.2, 0.25) is 0 Å². The van der Waals surface area contributed by atoms with Crippen molar-refractivity contribution in [2.45, 2.75) is 19.5 Å². The summed E-state index contributed by atoms with van der Waals surface area (Å²) in [5.41, 5.74) is 2.66. The van der Waals surface area contributed by atoms with Gasteiger partial charge in [0.1, 0.15) is 0 Å². The Labute approximate surface area is 96.1 Å². The molecule has 0 aliphatic carbocycles. The summed E-state index contributed by atoms with van der Waals surface area (Å²) in [7, 11) is 1.97. The first-order chi connectivity index (χ1) is 7.90. The predicted molar refractivity (Wildman–Crippen MR) is 65.1 cm³/mol. The molecule has 2 aromatic rings.